The van der Waals surface area contributed by atoms with Crippen LogP contribution >= 0.6 is 0 Å². The van der Waals surface area contributed by atoms with Crippen LogP contribution in [0.1, 0.15) is 32.4 Å². The van der Waals surface area contributed by atoms with E-state index < -0.39 is 0 Å². The second-order valence-corrected chi connectivity index (χ2v) is 5.45. The summed E-state index contributed by atoms with van der Waals surface area (Å²) in [5, 5.41) is 7.92. The second-order valence-electron chi connectivity index (χ2n) is 5.45. The van der Waals surface area contributed by atoms with Gasteiger partial charge in [-0.3, -0.25) is 4.68 Å². The Hall–Kier alpha value is -0.830. The van der Waals surface area contributed by atoms with Gasteiger partial charge in [0.15, 0.2) is 0 Å². The van der Waals surface area contributed by atoms with Crippen molar-refractivity contribution in [2.75, 3.05) is 6.54 Å². The third-order valence-corrected chi connectivity index (χ3v) is 2.95. The summed E-state index contributed by atoms with van der Waals surface area (Å²) in [5.41, 5.74) is 1.52. The predicted octanol–water partition coefficient (Wildman–Crippen LogP) is 1.97. The highest BCUT2D eigenvalue weighted by Gasteiger charge is 2.25. The monoisotopic (exact) mass is 207 g/mol. The van der Waals surface area contributed by atoms with Crippen LogP contribution < -0.4 is 5.32 Å². The maximum absolute atomic E-state index is 4.33. The summed E-state index contributed by atoms with van der Waals surface area (Å²) in [6, 6.07) is 2.85. The van der Waals surface area contributed by atoms with Gasteiger partial charge in [-0.15, -0.1) is 0 Å². The van der Waals surface area contributed by atoms with Crippen LogP contribution in [0.25, 0.3) is 0 Å². The number of nitrogens with zero attached hydrogens (tertiary/aromatic N) is 2. The third-order valence-electron chi connectivity index (χ3n) is 2.95. The molecule has 0 unspecified atom stereocenters. The lowest BCUT2D eigenvalue weighted by Crippen LogP contribution is -2.34. The minimum absolute atomic E-state index is 0.277. The van der Waals surface area contributed by atoms with Crippen LogP contribution in [0.4, 0.5) is 0 Å². The van der Waals surface area contributed by atoms with Crippen molar-refractivity contribution in [2.45, 2.75) is 46.2 Å². The van der Waals surface area contributed by atoms with Gasteiger partial charge in [-0.25, -0.2) is 0 Å². The molecule has 0 saturated heterocycles. The van der Waals surface area contributed by atoms with Gasteiger partial charge in [-0.2, -0.15) is 5.10 Å². The zero-order chi connectivity index (χ0) is 10.9. The lowest BCUT2D eigenvalue weighted by Gasteiger charge is -2.25. The lowest BCUT2D eigenvalue weighted by atomic mass is 9.93. The normalized spacial score (nSPS) is 17.0. The van der Waals surface area contributed by atoms with Crippen LogP contribution in [0, 0.1) is 12.3 Å². The van der Waals surface area contributed by atoms with Gasteiger partial charge < -0.3 is 5.32 Å². The molecular weight excluding hydrogens is 186 g/mol. The first-order valence-electron chi connectivity index (χ1n) is 5.79. The summed E-state index contributed by atoms with van der Waals surface area (Å²) in [5.74, 6) is 0. The number of hydrogen-bond acceptors (Lipinski definition) is 2. The van der Waals surface area contributed by atoms with E-state index >= 15 is 0 Å². The fourth-order valence-corrected chi connectivity index (χ4v) is 1.73. The first-order chi connectivity index (χ1) is 7.07. The van der Waals surface area contributed by atoms with Gasteiger partial charge in [0.1, 0.15) is 0 Å². The standard InChI is InChI=1S/C12H21N3/c1-10-6-7-14-15(10)9-12(2,3)8-13-11-4-5-11/h6-7,11,13H,4-5,8-9H2,1-3H3. The Morgan fingerprint density at radius 2 is 2.27 bits per heavy atom. The molecule has 1 aliphatic rings. The SMILES string of the molecule is Cc1ccnn1CC(C)(C)CNC1CC1. The highest BCUT2D eigenvalue weighted by atomic mass is 15.3. The third kappa shape index (κ3) is 3.06. The van der Waals surface area contributed by atoms with Crippen LogP contribution in [0.2, 0.25) is 0 Å². The zero-order valence-electron chi connectivity index (χ0n) is 9.95. The van der Waals surface area contributed by atoms with E-state index in [1.165, 1.54) is 18.5 Å². The maximum atomic E-state index is 4.33. The van der Waals surface area contributed by atoms with Gasteiger partial charge in [0.25, 0.3) is 0 Å². The Balaban J connectivity index is 1.87. The molecule has 3 nitrogen and oxygen atoms in total. The average molecular weight is 207 g/mol. The number of nitrogens with one attached hydrogen (secondary N) is 1. The molecule has 1 saturated carbocycles. The van der Waals surface area contributed by atoms with Crippen molar-refractivity contribution in [1.82, 2.24) is 15.1 Å². The van der Waals surface area contributed by atoms with Crippen molar-refractivity contribution in [2.24, 2.45) is 5.41 Å². The van der Waals surface area contributed by atoms with E-state index in [1.54, 1.807) is 0 Å². The molecule has 1 N–H and O–H groups in total. The van der Waals surface area contributed by atoms with Crippen LogP contribution in [0.5, 0.6) is 0 Å². The Morgan fingerprint density at radius 1 is 1.53 bits per heavy atom. The van der Waals surface area contributed by atoms with Crippen LogP contribution in [-0.2, 0) is 6.54 Å². The van der Waals surface area contributed by atoms with Crippen molar-refractivity contribution < 1.29 is 0 Å². The maximum Gasteiger partial charge on any atom is 0.0492 e. The molecule has 1 fully saturated rings. The smallest absolute Gasteiger partial charge is 0.0492 e. The molecule has 1 aromatic rings. The lowest BCUT2D eigenvalue weighted by molar-refractivity contribution is 0.273. The van der Waals surface area contributed by atoms with Crippen molar-refractivity contribution in [3.05, 3.63) is 18.0 Å². The van der Waals surface area contributed by atoms with Gasteiger partial charge in [0, 0.05) is 31.0 Å². The fourth-order valence-electron chi connectivity index (χ4n) is 1.73. The van der Waals surface area contributed by atoms with Crippen molar-refractivity contribution in [1.29, 1.82) is 0 Å². The summed E-state index contributed by atoms with van der Waals surface area (Å²) < 4.78 is 2.09. The molecule has 0 spiro atoms. The van der Waals surface area contributed by atoms with Gasteiger partial charge in [0.2, 0.25) is 0 Å². The molecular formula is C12H21N3. The average Bonchev–Trinajstić information content (AvgIpc) is 2.90. The molecule has 0 aromatic carbocycles. The second kappa shape index (κ2) is 3.97. The highest BCUT2D eigenvalue weighted by molar-refractivity contribution is 4.97. The first kappa shape index (κ1) is 10.7. The quantitative estimate of drug-likeness (QED) is 0.800. The van der Waals surface area contributed by atoms with Crippen molar-refractivity contribution in [3.8, 4) is 0 Å². The largest absolute Gasteiger partial charge is 0.313 e. The molecule has 0 radical (unpaired) electrons. The number of rotatable bonds is 5. The van der Waals surface area contributed by atoms with Crippen molar-refractivity contribution in [3.63, 3.8) is 0 Å². The fraction of sp³-hybridized carbons (Fsp3) is 0.750. The molecule has 0 amide bonds. The molecule has 84 valence electrons. The minimum Gasteiger partial charge on any atom is -0.313 e. The summed E-state index contributed by atoms with van der Waals surface area (Å²) in [6.07, 6.45) is 4.59. The molecule has 3 heteroatoms. The molecule has 1 aromatic heterocycles. The number of hydrogen-bond donors (Lipinski definition) is 1. The van der Waals surface area contributed by atoms with Crippen molar-refractivity contribution >= 4 is 0 Å². The molecule has 2 rings (SSSR count). The molecule has 15 heavy (non-hydrogen) atoms. The van der Waals surface area contributed by atoms with Gasteiger partial charge in [0.05, 0.1) is 0 Å². The summed E-state index contributed by atoms with van der Waals surface area (Å²) in [4.78, 5) is 0. The topological polar surface area (TPSA) is 29.9 Å². The first-order valence-corrected chi connectivity index (χ1v) is 5.79. The van der Waals surface area contributed by atoms with E-state index in [0.29, 0.717) is 0 Å². The number of aryl methyl sites for hydroxylation is 1. The van der Waals surface area contributed by atoms with Crippen LogP contribution in [-0.4, -0.2) is 22.4 Å². The molecule has 0 bridgehead atoms. The highest BCUT2D eigenvalue weighted by Crippen LogP contribution is 2.23. The van der Waals surface area contributed by atoms with E-state index in [-0.39, 0.29) is 5.41 Å². The summed E-state index contributed by atoms with van der Waals surface area (Å²) in [6.45, 7) is 8.77. The number of aromatic nitrogens is 2. The summed E-state index contributed by atoms with van der Waals surface area (Å²) >= 11 is 0. The predicted molar refractivity (Wildman–Crippen MR) is 61.8 cm³/mol. The van der Waals surface area contributed by atoms with Crippen LogP contribution in [0.3, 0.4) is 0 Å². The minimum atomic E-state index is 0.277. The molecule has 1 heterocycles. The molecule has 0 atom stereocenters. The molecule has 0 aliphatic heterocycles. The van der Waals surface area contributed by atoms with E-state index in [0.717, 1.165) is 19.1 Å². The Kier molecular flexibility index (Phi) is 2.83. The summed E-state index contributed by atoms with van der Waals surface area (Å²) in [7, 11) is 0. The van der Waals surface area contributed by atoms with E-state index in [2.05, 4.69) is 41.9 Å². The Bertz CT molecular complexity index is 323. The Labute approximate surface area is 91.9 Å². The van der Waals surface area contributed by atoms with Gasteiger partial charge in [-0.1, -0.05) is 13.8 Å². The van der Waals surface area contributed by atoms with Gasteiger partial charge >= 0.3 is 0 Å². The Morgan fingerprint density at radius 3 is 2.80 bits per heavy atom. The zero-order valence-corrected chi connectivity index (χ0v) is 9.95. The van der Waals surface area contributed by atoms with Gasteiger partial charge in [-0.05, 0) is 31.2 Å². The van der Waals surface area contributed by atoms with Crippen LogP contribution in [0.15, 0.2) is 12.3 Å². The van der Waals surface area contributed by atoms with E-state index in [9.17, 15) is 0 Å². The molecule has 1 aliphatic carbocycles. The van der Waals surface area contributed by atoms with E-state index in [4.69, 9.17) is 0 Å². The van der Waals surface area contributed by atoms with E-state index in [1.807, 2.05) is 6.20 Å².